The number of amides is 1. The second kappa shape index (κ2) is 3.79. The largest absolute Gasteiger partial charge is 0.444 e. The van der Waals surface area contributed by atoms with E-state index in [-0.39, 0.29) is 22.4 Å². The molecule has 4 heteroatoms. The SMILES string of the molecule is [2H]c1sc(NC(=O)OC(C)(C)C)c([2H])c1[2H]. The highest BCUT2D eigenvalue weighted by molar-refractivity contribution is 7.14. The molecule has 3 nitrogen and oxygen atoms in total. The standard InChI is InChI=1S/C9H13NO2S/c1-9(2,3)12-8(11)10-7-5-4-6-13-7/h4-6H,1-3H3,(H,10,11)/i4D,5D,6D. The van der Waals surface area contributed by atoms with E-state index in [4.69, 9.17) is 8.85 Å². The van der Waals surface area contributed by atoms with Gasteiger partial charge in [-0.2, -0.15) is 0 Å². The summed E-state index contributed by atoms with van der Waals surface area (Å²) in [6, 6.07) is -0.336. The van der Waals surface area contributed by atoms with Crippen molar-refractivity contribution in [1.82, 2.24) is 0 Å². The van der Waals surface area contributed by atoms with Crippen molar-refractivity contribution in [2.75, 3.05) is 5.32 Å². The van der Waals surface area contributed by atoms with Gasteiger partial charge in [0.05, 0.1) is 9.11 Å². The van der Waals surface area contributed by atoms with Gasteiger partial charge in [-0.3, -0.25) is 5.32 Å². The van der Waals surface area contributed by atoms with Crippen molar-refractivity contribution in [2.45, 2.75) is 26.4 Å². The van der Waals surface area contributed by atoms with E-state index >= 15 is 0 Å². The number of thiophene rings is 1. The zero-order valence-corrected chi connectivity index (χ0v) is 8.54. The summed E-state index contributed by atoms with van der Waals surface area (Å²) in [6.07, 6.45) is -0.678. The van der Waals surface area contributed by atoms with Crippen molar-refractivity contribution < 1.29 is 13.6 Å². The van der Waals surface area contributed by atoms with Crippen LogP contribution in [0.1, 0.15) is 24.9 Å². The van der Waals surface area contributed by atoms with E-state index in [1.54, 1.807) is 20.8 Å². The molecule has 0 radical (unpaired) electrons. The second-order valence-electron chi connectivity index (χ2n) is 3.41. The number of anilines is 1. The van der Waals surface area contributed by atoms with E-state index in [1.807, 2.05) is 0 Å². The molecule has 0 saturated heterocycles. The van der Waals surface area contributed by atoms with Crippen LogP contribution in [0.15, 0.2) is 17.4 Å². The summed E-state index contributed by atoms with van der Waals surface area (Å²) in [4.78, 5) is 11.4. The predicted octanol–water partition coefficient (Wildman–Crippen LogP) is 3.10. The summed E-state index contributed by atoms with van der Waals surface area (Å²) in [6.45, 7) is 5.19. The molecule has 0 saturated carbocycles. The van der Waals surface area contributed by atoms with Gasteiger partial charge in [0.25, 0.3) is 0 Å². The van der Waals surface area contributed by atoms with Crippen molar-refractivity contribution in [3.05, 3.63) is 17.4 Å². The molecule has 1 amide bonds. The molecule has 0 aromatic carbocycles. The van der Waals surface area contributed by atoms with E-state index in [0.717, 1.165) is 11.3 Å². The fourth-order valence-electron chi connectivity index (χ4n) is 0.637. The van der Waals surface area contributed by atoms with Gasteiger partial charge in [-0.15, -0.1) is 11.3 Å². The number of carbonyl (C=O) groups is 1. The molecule has 1 aromatic heterocycles. The number of hydrogen-bond donors (Lipinski definition) is 1. The molecule has 0 aliphatic rings. The Morgan fingerprint density at radius 3 is 2.85 bits per heavy atom. The highest BCUT2D eigenvalue weighted by Crippen LogP contribution is 2.16. The molecule has 0 bridgehead atoms. The molecular formula is C9H13NO2S. The molecule has 1 aromatic rings. The molecule has 0 atom stereocenters. The first-order valence-electron chi connectivity index (χ1n) is 5.27. The third-order valence-electron chi connectivity index (χ3n) is 0.995. The van der Waals surface area contributed by atoms with Crippen LogP contribution in [0.2, 0.25) is 0 Å². The minimum Gasteiger partial charge on any atom is -0.444 e. The van der Waals surface area contributed by atoms with Gasteiger partial charge >= 0.3 is 6.09 Å². The second-order valence-corrected chi connectivity index (χ2v) is 4.23. The number of rotatable bonds is 1. The van der Waals surface area contributed by atoms with Gasteiger partial charge in [0.2, 0.25) is 0 Å². The van der Waals surface area contributed by atoms with Crippen molar-refractivity contribution in [3.63, 3.8) is 0 Å². The zero-order valence-electron chi connectivity index (χ0n) is 10.7. The quantitative estimate of drug-likeness (QED) is 0.760. The summed E-state index contributed by atoms with van der Waals surface area (Å²) in [5.41, 5.74) is -0.614. The number of carbonyl (C=O) groups excluding carboxylic acids is 1. The molecule has 0 unspecified atom stereocenters. The maximum Gasteiger partial charge on any atom is 0.412 e. The van der Waals surface area contributed by atoms with Gasteiger partial charge in [-0.25, -0.2) is 4.79 Å². The van der Waals surface area contributed by atoms with Gasteiger partial charge in [0, 0.05) is 0 Å². The Kier molecular flexibility index (Phi) is 1.87. The van der Waals surface area contributed by atoms with Crippen LogP contribution in [0.25, 0.3) is 0 Å². The molecule has 0 aliphatic heterocycles. The van der Waals surface area contributed by atoms with Crippen LogP contribution in [0.3, 0.4) is 0 Å². The lowest BCUT2D eigenvalue weighted by Gasteiger charge is -2.19. The highest BCUT2D eigenvalue weighted by atomic mass is 32.1. The minimum absolute atomic E-state index is 0.0453. The average molecular weight is 202 g/mol. The Labute approximate surface area is 85.9 Å². The first kappa shape index (κ1) is 6.43. The van der Waals surface area contributed by atoms with E-state index in [1.165, 1.54) is 0 Å². The highest BCUT2D eigenvalue weighted by Gasteiger charge is 2.16. The first-order chi connectivity index (χ1) is 7.20. The third-order valence-corrected chi connectivity index (χ3v) is 1.61. The van der Waals surface area contributed by atoms with Gasteiger partial charge in [0.15, 0.2) is 0 Å². The van der Waals surface area contributed by atoms with Gasteiger partial charge < -0.3 is 4.74 Å². The van der Waals surface area contributed by atoms with E-state index in [2.05, 4.69) is 5.32 Å². The van der Waals surface area contributed by atoms with Gasteiger partial charge in [0.1, 0.15) is 5.60 Å². The summed E-state index contributed by atoms with van der Waals surface area (Å²) in [7, 11) is 0. The molecule has 13 heavy (non-hydrogen) atoms. The first-order valence-corrected chi connectivity index (χ1v) is 4.59. The normalized spacial score (nSPS) is 14.2. The van der Waals surface area contributed by atoms with Crippen LogP contribution in [0.4, 0.5) is 9.80 Å². The fourth-order valence-corrected chi connectivity index (χ4v) is 1.08. The minimum atomic E-state index is -0.678. The molecule has 0 aliphatic carbocycles. The van der Waals surface area contributed by atoms with Crippen LogP contribution in [0.5, 0.6) is 0 Å². The van der Waals surface area contributed by atoms with Crippen LogP contribution in [-0.4, -0.2) is 11.7 Å². The van der Waals surface area contributed by atoms with Crippen molar-refractivity contribution >= 4 is 22.4 Å². The molecule has 72 valence electrons. The summed E-state index contributed by atoms with van der Waals surface area (Å²) < 4.78 is 27.1. The van der Waals surface area contributed by atoms with Crippen LogP contribution >= 0.6 is 11.3 Å². The lowest BCUT2D eigenvalue weighted by Crippen LogP contribution is -2.26. The zero-order chi connectivity index (χ0) is 12.5. The van der Waals surface area contributed by atoms with Crippen LogP contribution < -0.4 is 5.32 Å². The Hall–Kier alpha value is -1.03. The van der Waals surface area contributed by atoms with Crippen LogP contribution in [0, 0.1) is 0 Å². The maximum atomic E-state index is 11.4. The predicted molar refractivity (Wildman–Crippen MR) is 54.2 cm³/mol. The Morgan fingerprint density at radius 2 is 2.38 bits per heavy atom. The Bertz CT molecular complexity index is 412. The van der Waals surface area contributed by atoms with Gasteiger partial charge in [-0.05, 0) is 38.2 Å². The summed E-state index contributed by atoms with van der Waals surface area (Å²) in [5, 5.41) is 2.48. The average Bonchev–Trinajstić information content (AvgIpc) is 2.30. The van der Waals surface area contributed by atoms with Crippen molar-refractivity contribution in [3.8, 4) is 0 Å². The molecule has 1 N–H and O–H groups in total. The molecule has 1 heterocycles. The Balaban J connectivity index is 2.74. The lowest BCUT2D eigenvalue weighted by molar-refractivity contribution is 0.0636. The number of ether oxygens (including phenoxy) is 1. The Morgan fingerprint density at radius 1 is 1.69 bits per heavy atom. The van der Waals surface area contributed by atoms with Crippen molar-refractivity contribution in [2.24, 2.45) is 0 Å². The molecular weight excluding hydrogens is 186 g/mol. The molecule has 0 spiro atoms. The maximum absolute atomic E-state index is 11.4. The molecule has 0 fully saturated rings. The topological polar surface area (TPSA) is 38.3 Å². The van der Waals surface area contributed by atoms with E-state index in [0.29, 0.717) is 0 Å². The smallest absolute Gasteiger partial charge is 0.412 e. The summed E-state index contributed by atoms with van der Waals surface area (Å²) in [5.74, 6) is 0. The third kappa shape index (κ3) is 3.94. The fraction of sp³-hybridized carbons (Fsp3) is 0.444. The number of nitrogens with one attached hydrogen (secondary N) is 1. The van der Waals surface area contributed by atoms with Gasteiger partial charge in [-0.1, -0.05) is 0 Å². The van der Waals surface area contributed by atoms with E-state index in [9.17, 15) is 4.79 Å². The summed E-state index contributed by atoms with van der Waals surface area (Å²) >= 11 is 0.875. The number of hydrogen-bond acceptors (Lipinski definition) is 3. The molecule has 1 rings (SSSR count). The van der Waals surface area contributed by atoms with Crippen molar-refractivity contribution in [1.29, 1.82) is 0 Å². The lowest BCUT2D eigenvalue weighted by atomic mass is 10.2. The monoisotopic (exact) mass is 202 g/mol. The van der Waals surface area contributed by atoms with E-state index < -0.39 is 11.7 Å². The van der Waals surface area contributed by atoms with Crippen LogP contribution in [-0.2, 0) is 4.74 Å².